The van der Waals surface area contributed by atoms with Gasteiger partial charge in [0.1, 0.15) is 5.69 Å². The number of nitro benzene ring substituents is 1. The predicted molar refractivity (Wildman–Crippen MR) is 72.3 cm³/mol. The second-order valence-corrected chi connectivity index (χ2v) is 4.97. The standard InChI is InChI=1S/C12H14ClN3O3/c13-9-1-2-11(16(18)19)10(6-9)15-12(17)5-8-3-4-14-7-8/h1-2,6,8,14H,3-5,7H2,(H,15,17). The third-order valence-corrected chi connectivity index (χ3v) is 3.30. The zero-order valence-electron chi connectivity index (χ0n) is 10.2. The van der Waals surface area contributed by atoms with Gasteiger partial charge >= 0.3 is 0 Å². The number of hydrogen-bond donors (Lipinski definition) is 2. The van der Waals surface area contributed by atoms with Crippen LogP contribution in [0.15, 0.2) is 18.2 Å². The quantitative estimate of drug-likeness (QED) is 0.655. The fourth-order valence-electron chi connectivity index (χ4n) is 2.12. The summed E-state index contributed by atoms with van der Waals surface area (Å²) in [5, 5.41) is 16.9. The van der Waals surface area contributed by atoms with E-state index in [2.05, 4.69) is 10.6 Å². The number of hydrogen-bond acceptors (Lipinski definition) is 4. The van der Waals surface area contributed by atoms with Crippen LogP contribution in [0.5, 0.6) is 0 Å². The molecule has 102 valence electrons. The third kappa shape index (κ3) is 3.65. The van der Waals surface area contributed by atoms with Crippen LogP contribution >= 0.6 is 11.6 Å². The average Bonchev–Trinajstić information content (AvgIpc) is 2.81. The number of nitro groups is 1. The molecule has 0 radical (unpaired) electrons. The Bertz CT molecular complexity index is 501. The van der Waals surface area contributed by atoms with Crippen LogP contribution < -0.4 is 10.6 Å². The highest BCUT2D eigenvalue weighted by atomic mass is 35.5. The number of amides is 1. The Balaban J connectivity index is 2.06. The lowest BCUT2D eigenvalue weighted by Gasteiger charge is -2.09. The van der Waals surface area contributed by atoms with Gasteiger partial charge in [-0.2, -0.15) is 0 Å². The summed E-state index contributed by atoms with van der Waals surface area (Å²) in [7, 11) is 0. The molecule has 2 N–H and O–H groups in total. The van der Waals surface area contributed by atoms with E-state index in [4.69, 9.17) is 11.6 Å². The largest absolute Gasteiger partial charge is 0.320 e. The number of carbonyl (C=O) groups is 1. The summed E-state index contributed by atoms with van der Waals surface area (Å²) < 4.78 is 0. The van der Waals surface area contributed by atoms with Crippen LogP contribution in [0, 0.1) is 16.0 Å². The van der Waals surface area contributed by atoms with Crippen molar-refractivity contribution in [3.05, 3.63) is 33.3 Å². The lowest BCUT2D eigenvalue weighted by molar-refractivity contribution is -0.383. The van der Waals surface area contributed by atoms with E-state index in [1.165, 1.54) is 18.2 Å². The molecule has 1 atom stereocenters. The molecule has 7 heteroatoms. The number of halogens is 1. The summed E-state index contributed by atoms with van der Waals surface area (Å²) in [5.41, 5.74) is -0.00393. The smallest absolute Gasteiger partial charge is 0.292 e. The van der Waals surface area contributed by atoms with Crippen molar-refractivity contribution in [2.45, 2.75) is 12.8 Å². The highest BCUT2D eigenvalue weighted by Crippen LogP contribution is 2.28. The van der Waals surface area contributed by atoms with Gasteiger partial charge in [-0.15, -0.1) is 0 Å². The van der Waals surface area contributed by atoms with Crippen LogP contribution in [0.1, 0.15) is 12.8 Å². The van der Waals surface area contributed by atoms with E-state index >= 15 is 0 Å². The van der Waals surface area contributed by atoms with Crippen LogP contribution in [-0.2, 0) is 4.79 Å². The third-order valence-electron chi connectivity index (χ3n) is 3.07. The Hall–Kier alpha value is -1.66. The molecule has 2 rings (SSSR count). The van der Waals surface area contributed by atoms with Gasteiger partial charge in [0.2, 0.25) is 5.91 Å². The molecule has 19 heavy (non-hydrogen) atoms. The summed E-state index contributed by atoms with van der Waals surface area (Å²) in [6.45, 7) is 1.72. The lowest BCUT2D eigenvalue weighted by Crippen LogP contribution is -2.18. The normalized spacial score (nSPS) is 18.3. The second kappa shape index (κ2) is 5.99. The van der Waals surface area contributed by atoms with Crippen molar-refractivity contribution < 1.29 is 9.72 Å². The first-order chi connectivity index (χ1) is 9.06. The topological polar surface area (TPSA) is 84.3 Å². The van der Waals surface area contributed by atoms with Gasteiger partial charge in [0.25, 0.3) is 5.69 Å². The second-order valence-electron chi connectivity index (χ2n) is 4.53. The van der Waals surface area contributed by atoms with Gasteiger partial charge in [-0.3, -0.25) is 14.9 Å². The van der Waals surface area contributed by atoms with Gasteiger partial charge < -0.3 is 10.6 Å². The Morgan fingerprint density at radius 1 is 1.58 bits per heavy atom. The summed E-state index contributed by atoms with van der Waals surface area (Å²) in [4.78, 5) is 22.2. The molecule has 1 saturated heterocycles. The first-order valence-electron chi connectivity index (χ1n) is 6.01. The van der Waals surface area contributed by atoms with Gasteiger partial charge in [0.05, 0.1) is 4.92 Å². The maximum absolute atomic E-state index is 11.8. The fourth-order valence-corrected chi connectivity index (χ4v) is 2.29. The van der Waals surface area contributed by atoms with Crippen molar-refractivity contribution in [2.75, 3.05) is 18.4 Å². The van der Waals surface area contributed by atoms with E-state index in [9.17, 15) is 14.9 Å². The number of nitrogens with zero attached hydrogens (tertiary/aromatic N) is 1. The van der Waals surface area contributed by atoms with Crippen LogP contribution in [0.2, 0.25) is 5.02 Å². The molecular weight excluding hydrogens is 270 g/mol. The molecule has 1 aliphatic heterocycles. The summed E-state index contributed by atoms with van der Waals surface area (Å²) >= 11 is 5.79. The molecule has 1 aliphatic rings. The fraction of sp³-hybridized carbons (Fsp3) is 0.417. The number of anilines is 1. The number of nitrogens with one attached hydrogen (secondary N) is 2. The summed E-state index contributed by atoms with van der Waals surface area (Å²) in [6.07, 6.45) is 1.31. The van der Waals surface area contributed by atoms with Crippen molar-refractivity contribution in [1.29, 1.82) is 0 Å². The minimum absolute atomic E-state index is 0.147. The van der Waals surface area contributed by atoms with Crippen LogP contribution in [0.3, 0.4) is 0 Å². The Morgan fingerprint density at radius 3 is 3.00 bits per heavy atom. The monoisotopic (exact) mass is 283 g/mol. The molecule has 0 bridgehead atoms. The highest BCUT2D eigenvalue weighted by Gasteiger charge is 2.20. The van der Waals surface area contributed by atoms with Crippen molar-refractivity contribution >= 4 is 28.9 Å². The Kier molecular flexibility index (Phi) is 4.34. The van der Waals surface area contributed by atoms with Crippen molar-refractivity contribution in [3.63, 3.8) is 0 Å². The van der Waals surface area contributed by atoms with E-state index in [1.54, 1.807) is 0 Å². The first-order valence-corrected chi connectivity index (χ1v) is 6.38. The van der Waals surface area contributed by atoms with Gasteiger partial charge in [0.15, 0.2) is 0 Å². The van der Waals surface area contributed by atoms with Gasteiger partial charge in [-0.25, -0.2) is 0 Å². The molecule has 6 nitrogen and oxygen atoms in total. The van der Waals surface area contributed by atoms with Crippen molar-refractivity contribution in [2.24, 2.45) is 5.92 Å². The SMILES string of the molecule is O=C(CC1CCNC1)Nc1cc(Cl)ccc1[N+](=O)[O-]. The Morgan fingerprint density at radius 2 is 2.37 bits per heavy atom. The number of benzene rings is 1. The van der Waals surface area contributed by atoms with Crippen molar-refractivity contribution in [3.8, 4) is 0 Å². The van der Waals surface area contributed by atoms with Gasteiger partial charge in [-0.1, -0.05) is 11.6 Å². The van der Waals surface area contributed by atoms with Crippen LogP contribution in [0.25, 0.3) is 0 Å². The van der Waals surface area contributed by atoms with E-state index in [0.29, 0.717) is 17.4 Å². The maximum atomic E-state index is 11.8. The molecule has 1 aromatic carbocycles. The van der Waals surface area contributed by atoms with E-state index in [1.807, 2.05) is 0 Å². The zero-order valence-corrected chi connectivity index (χ0v) is 10.9. The molecule has 1 amide bonds. The molecule has 1 heterocycles. The maximum Gasteiger partial charge on any atom is 0.292 e. The minimum Gasteiger partial charge on any atom is -0.320 e. The molecule has 0 aromatic heterocycles. The number of rotatable bonds is 4. The van der Waals surface area contributed by atoms with E-state index < -0.39 is 4.92 Å². The zero-order chi connectivity index (χ0) is 13.8. The average molecular weight is 284 g/mol. The molecule has 1 unspecified atom stereocenters. The molecule has 0 spiro atoms. The predicted octanol–water partition coefficient (Wildman–Crippen LogP) is 2.19. The van der Waals surface area contributed by atoms with E-state index in [-0.39, 0.29) is 17.3 Å². The molecule has 0 saturated carbocycles. The van der Waals surface area contributed by atoms with Crippen LogP contribution in [0.4, 0.5) is 11.4 Å². The van der Waals surface area contributed by atoms with Gasteiger partial charge in [0, 0.05) is 17.5 Å². The minimum atomic E-state index is -0.539. The summed E-state index contributed by atoms with van der Waals surface area (Å²) in [5.74, 6) is 0.0670. The molecule has 1 aromatic rings. The number of carbonyl (C=O) groups excluding carboxylic acids is 1. The molecule has 1 fully saturated rings. The van der Waals surface area contributed by atoms with Gasteiger partial charge in [-0.05, 0) is 37.6 Å². The van der Waals surface area contributed by atoms with Crippen molar-refractivity contribution in [1.82, 2.24) is 5.32 Å². The van der Waals surface area contributed by atoms with Crippen LogP contribution in [-0.4, -0.2) is 23.9 Å². The summed E-state index contributed by atoms with van der Waals surface area (Å²) in [6, 6.07) is 4.11. The first kappa shape index (κ1) is 13.8. The Labute approximate surface area is 115 Å². The van der Waals surface area contributed by atoms with E-state index in [0.717, 1.165) is 19.5 Å². The highest BCUT2D eigenvalue weighted by molar-refractivity contribution is 6.31. The molecular formula is C12H14ClN3O3. The molecule has 0 aliphatic carbocycles. The lowest BCUT2D eigenvalue weighted by atomic mass is 10.0.